The molecule has 4 aromatic rings. The zero-order chi connectivity index (χ0) is 18.4. The third kappa shape index (κ3) is 2.83. The highest BCUT2D eigenvalue weighted by atomic mass is 35.5. The van der Waals surface area contributed by atoms with Crippen LogP contribution in [0.3, 0.4) is 0 Å². The Bertz CT molecular complexity index is 1190. The van der Waals surface area contributed by atoms with E-state index in [-0.39, 0.29) is 24.0 Å². The highest BCUT2D eigenvalue weighted by Crippen LogP contribution is 2.29. The van der Waals surface area contributed by atoms with Gasteiger partial charge in [-0.15, -0.1) is 0 Å². The average Bonchev–Trinajstić information content (AvgIpc) is 3.15. The molecule has 0 bridgehead atoms. The fraction of sp³-hybridized carbons (Fsp3) is 0.125. The molecule has 3 heterocycles. The van der Waals surface area contributed by atoms with E-state index in [4.69, 9.17) is 27.6 Å². The highest BCUT2D eigenvalue weighted by Gasteiger charge is 2.14. The molecule has 4 rings (SSSR count). The van der Waals surface area contributed by atoms with Crippen LogP contribution in [0.2, 0.25) is 10.0 Å². The zero-order valence-electron chi connectivity index (χ0n) is 13.4. The lowest BCUT2D eigenvalue weighted by molar-refractivity contribution is -0.116. The van der Waals surface area contributed by atoms with E-state index in [1.807, 2.05) is 0 Å². The number of imidazole rings is 1. The molecule has 0 aliphatic heterocycles. The highest BCUT2D eigenvalue weighted by molar-refractivity contribution is 6.42. The maximum atomic E-state index is 12.3. The lowest BCUT2D eigenvalue weighted by Gasteiger charge is -2.04. The molecular formula is C16H11Cl2N5O3. The Morgan fingerprint density at radius 3 is 2.85 bits per heavy atom. The summed E-state index contributed by atoms with van der Waals surface area (Å²) in [4.78, 5) is 32.3. The second-order valence-electron chi connectivity index (χ2n) is 5.61. The molecule has 0 saturated carbocycles. The van der Waals surface area contributed by atoms with Crippen LogP contribution in [0, 0.1) is 0 Å². The normalized spacial score (nSPS) is 11.3. The number of anilines is 1. The number of carbonyl (C=O) groups excluding carboxylic acids is 1. The van der Waals surface area contributed by atoms with E-state index in [1.165, 1.54) is 23.0 Å². The minimum atomic E-state index is -0.359. The molecule has 0 unspecified atom stereocenters. The number of benzene rings is 1. The van der Waals surface area contributed by atoms with Crippen molar-refractivity contribution < 1.29 is 9.21 Å². The molecule has 3 aromatic heterocycles. The van der Waals surface area contributed by atoms with E-state index in [0.717, 1.165) is 0 Å². The predicted octanol–water partition coefficient (Wildman–Crippen LogP) is 2.82. The number of hydrogen-bond donors (Lipinski definition) is 1. The SMILES string of the molecule is Cn1c(=O)ccc2c1ncn2CC(=O)Nc1nc2cc(Cl)c(Cl)cc2o1. The number of hydrogen-bond acceptors (Lipinski definition) is 5. The molecule has 1 amide bonds. The molecule has 132 valence electrons. The predicted molar refractivity (Wildman–Crippen MR) is 97.6 cm³/mol. The summed E-state index contributed by atoms with van der Waals surface area (Å²) >= 11 is 11.9. The van der Waals surface area contributed by atoms with E-state index in [1.54, 1.807) is 23.7 Å². The van der Waals surface area contributed by atoms with Gasteiger partial charge in [0, 0.05) is 19.2 Å². The first kappa shape index (κ1) is 16.6. The second kappa shape index (κ2) is 6.15. The standard InChI is InChI=1S/C16H11Cl2N5O3/c1-22-14(25)3-2-11-15(22)19-7-23(11)6-13(24)21-16-20-10-4-8(17)9(18)5-12(10)26-16/h2-5,7H,6H2,1H3,(H,20,21,24). The molecule has 8 nitrogen and oxygen atoms in total. The minimum absolute atomic E-state index is 0.0189. The van der Waals surface area contributed by atoms with E-state index in [2.05, 4.69) is 15.3 Å². The summed E-state index contributed by atoms with van der Waals surface area (Å²) < 4.78 is 8.50. The van der Waals surface area contributed by atoms with Gasteiger partial charge in [-0.05, 0) is 12.1 Å². The maximum absolute atomic E-state index is 12.3. The van der Waals surface area contributed by atoms with Gasteiger partial charge in [-0.1, -0.05) is 23.2 Å². The lowest BCUT2D eigenvalue weighted by atomic mass is 10.3. The first-order valence-corrected chi connectivity index (χ1v) is 8.24. The molecule has 0 saturated heterocycles. The van der Waals surface area contributed by atoms with Crippen LogP contribution in [-0.2, 0) is 18.4 Å². The number of halogens is 2. The van der Waals surface area contributed by atoms with E-state index in [9.17, 15) is 9.59 Å². The Labute approximate surface area is 156 Å². The van der Waals surface area contributed by atoms with Gasteiger partial charge in [0.25, 0.3) is 5.56 Å². The molecular weight excluding hydrogens is 381 g/mol. The summed E-state index contributed by atoms with van der Waals surface area (Å²) in [5.41, 5.74) is 1.89. The van der Waals surface area contributed by atoms with Crippen molar-refractivity contribution in [1.82, 2.24) is 19.1 Å². The molecule has 0 atom stereocenters. The number of oxazole rings is 1. The van der Waals surface area contributed by atoms with Gasteiger partial charge in [-0.25, -0.2) is 4.98 Å². The van der Waals surface area contributed by atoms with Gasteiger partial charge in [0.05, 0.1) is 21.9 Å². The van der Waals surface area contributed by atoms with Gasteiger partial charge in [0.15, 0.2) is 11.2 Å². The summed E-state index contributed by atoms with van der Waals surface area (Å²) in [5, 5.41) is 3.26. The molecule has 26 heavy (non-hydrogen) atoms. The molecule has 0 aliphatic carbocycles. The fourth-order valence-electron chi connectivity index (χ4n) is 2.59. The molecule has 0 aliphatic rings. The number of carbonyl (C=O) groups is 1. The molecule has 10 heteroatoms. The third-order valence-electron chi connectivity index (χ3n) is 3.88. The Hall–Kier alpha value is -2.84. The number of aryl methyl sites for hydroxylation is 1. The van der Waals surface area contributed by atoms with Crippen molar-refractivity contribution in [3.05, 3.63) is 51.0 Å². The summed E-state index contributed by atoms with van der Waals surface area (Å²) in [6, 6.07) is 6.18. The molecule has 0 fully saturated rings. The largest absolute Gasteiger partial charge is 0.423 e. The minimum Gasteiger partial charge on any atom is -0.423 e. The van der Waals surface area contributed by atoms with Crippen LogP contribution in [0.25, 0.3) is 22.3 Å². The van der Waals surface area contributed by atoms with Crippen molar-refractivity contribution in [2.24, 2.45) is 7.05 Å². The van der Waals surface area contributed by atoms with Crippen LogP contribution in [0.1, 0.15) is 0 Å². The summed E-state index contributed by atoms with van der Waals surface area (Å²) in [7, 11) is 1.62. The number of amides is 1. The van der Waals surface area contributed by atoms with Crippen molar-refractivity contribution >= 4 is 57.4 Å². The number of nitrogens with one attached hydrogen (secondary N) is 1. The van der Waals surface area contributed by atoms with Crippen molar-refractivity contribution in [3.63, 3.8) is 0 Å². The lowest BCUT2D eigenvalue weighted by Crippen LogP contribution is -2.19. The van der Waals surface area contributed by atoms with Crippen LogP contribution in [0.4, 0.5) is 6.01 Å². The van der Waals surface area contributed by atoms with Gasteiger partial charge >= 0.3 is 6.01 Å². The topological polar surface area (TPSA) is 95.0 Å². The molecule has 1 N–H and O–H groups in total. The van der Waals surface area contributed by atoms with Crippen LogP contribution >= 0.6 is 23.2 Å². The summed E-state index contributed by atoms with van der Waals surface area (Å²) in [6.45, 7) is -0.0189. The Balaban J connectivity index is 1.58. The summed E-state index contributed by atoms with van der Waals surface area (Å²) in [6.07, 6.45) is 1.50. The number of pyridine rings is 1. The van der Waals surface area contributed by atoms with Crippen LogP contribution in [0.5, 0.6) is 0 Å². The van der Waals surface area contributed by atoms with Crippen molar-refractivity contribution in [2.45, 2.75) is 6.54 Å². The van der Waals surface area contributed by atoms with E-state index < -0.39 is 0 Å². The third-order valence-corrected chi connectivity index (χ3v) is 4.60. The van der Waals surface area contributed by atoms with Crippen molar-refractivity contribution in [2.75, 3.05) is 5.32 Å². The molecule has 0 spiro atoms. The van der Waals surface area contributed by atoms with Gasteiger partial charge in [0.2, 0.25) is 5.91 Å². The van der Waals surface area contributed by atoms with E-state index >= 15 is 0 Å². The Morgan fingerprint density at radius 1 is 1.27 bits per heavy atom. The van der Waals surface area contributed by atoms with Gasteiger partial charge in [0.1, 0.15) is 12.1 Å². The number of nitrogens with zero attached hydrogens (tertiary/aromatic N) is 4. The van der Waals surface area contributed by atoms with Crippen LogP contribution in [0.15, 0.2) is 39.8 Å². The first-order chi connectivity index (χ1) is 12.4. The molecule has 1 aromatic carbocycles. The van der Waals surface area contributed by atoms with Crippen LogP contribution in [-0.4, -0.2) is 25.0 Å². The number of fused-ring (bicyclic) bond motifs is 2. The quantitative estimate of drug-likeness (QED) is 0.579. The Kier molecular flexibility index (Phi) is 3.93. The Morgan fingerprint density at radius 2 is 2.04 bits per heavy atom. The van der Waals surface area contributed by atoms with Crippen molar-refractivity contribution in [3.8, 4) is 0 Å². The zero-order valence-corrected chi connectivity index (χ0v) is 14.9. The van der Waals surface area contributed by atoms with E-state index in [0.29, 0.717) is 32.3 Å². The average molecular weight is 392 g/mol. The summed E-state index contributed by atoms with van der Waals surface area (Å²) in [5.74, 6) is -0.359. The van der Waals surface area contributed by atoms with Gasteiger partial charge in [-0.3, -0.25) is 19.5 Å². The first-order valence-electron chi connectivity index (χ1n) is 7.48. The maximum Gasteiger partial charge on any atom is 0.302 e. The molecule has 0 radical (unpaired) electrons. The van der Waals surface area contributed by atoms with Crippen LogP contribution < -0.4 is 10.9 Å². The fourth-order valence-corrected chi connectivity index (χ4v) is 2.90. The van der Waals surface area contributed by atoms with Gasteiger partial charge in [-0.2, -0.15) is 4.98 Å². The van der Waals surface area contributed by atoms with Crippen molar-refractivity contribution in [1.29, 1.82) is 0 Å². The smallest absolute Gasteiger partial charge is 0.302 e. The monoisotopic (exact) mass is 391 g/mol. The number of rotatable bonds is 3. The number of aromatic nitrogens is 4. The second-order valence-corrected chi connectivity index (χ2v) is 6.43. The van der Waals surface area contributed by atoms with Gasteiger partial charge < -0.3 is 8.98 Å².